The first-order valence-corrected chi connectivity index (χ1v) is 7.92. The number of anilines is 1. The number of nitrogens with two attached hydrogens (primary N) is 1. The Kier molecular flexibility index (Phi) is 5.28. The molecule has 3 N–H and O–H groups in total. The van der Waals surface area contributed by atoms with Crippen molar-refractivity contribution in [1.82, 2.24) is 15.3 Å². The zero-order valence-electron chi connectivity index (χ0n) is 14.2. The number of nitrogens with one attached hydrogen (secondary N) is 1. The van der Waals surface area contributed by atoms with Crippen molar-refractivity contribution in [2.45, 2.75) is 6.54 Å². The molecule has 0 radical (unpaired) electrons. The molecule has 0 unspecified atom stereocenters. The fourth-order valence-corrected chi connectivity index (χ4v) is 2.32. The van der Waals surface area contributed by atoms with Gasteiger partial charge in [-0.15, -0.1) is 0 Å². The molecular formula is C19H18N4O3. The fourth-order valence-electron chi connectivity index (χ4n) is 2.32. The molecule has 26 heavy (non-hydrogen) atoms. The topological polar surface area (TPSA) is 99.4 Å². The summed E-state index contributed by atoms with van der Waals surface area (Å²) in [5.74, 6) is 1.57. The zero-order valence-corrected chi connectivity index (χ0v) is 14.2. The molecule has 3 rings (SSSR count). The Balaban J connectivity index is 1.74. The number of nitrogens with zero attached hydrogens (tertiary/aromatic N) is 2. The van der Waals surface area contributed by atoms with E-state index in [1.807, 2.05) is 18.2 Å². The summed E-state index contributed by atoms with van der Waals surface area (Å²) < 4.78 is 11.2. The molecule has 0 saturated heterocycles. The molecule has 2 aromatic heterocycles. The Morgan fingerprint density at radius 2 is 1.88 bits per heavy atom. The van der Waals surface area contributed by atoms with E-state index in [1.165, 1.54) is 12.3 Å². The highest BCUT2D eigenvalue weighted by molar-refractivity contribution is 5.94. The minimum atomic E-state index is -0.258. The molecule has 0 aliphatic heterocycles. The summed E-state index contributed by atoms with van der Waals surface area (Å²) in [6, 6.07) is 14.0. The van der Waals surface area contributed by atoms with Crippen LogP contribution in [0.2, 0.25) is 0 Å². The van der Waals surface area contributed by atoms with Crippen LogP contribution in [0.5, 0.6) is 17.4 Å². The van der Waals surface area contributed by atoms with Crippen LogP contribution >= 0.6 is 0 Å². The quantitative estimate of drug-likeness (QED) is 0.709. The molecule has 0 spiro atoms. The first-order chi connectivity index (χ1) is 12.7. The number of benzene rings is 1. The molecular weight excluding hydrogens is 332 g/mol. The summed E-state index contributed by atoms with van der Waals surface area (Å²) in [6.45, 7) is 0.249. The third-order valence-corrected chi connectivity index (χ3v) is 3.61. The van der Waals surface area contributed by atoms with Crippen LogP contribution in [0.4, 0.5) is 5.82 Å². The Hall–Kier alpha value is -3.61. The second kappa shape index (κ2) is 7.98. The number of ether oxygens (including phenoxy) is 2. The van der Waals surface area contributed by atoms with E-state index in [1.54, 1.807) is 37.6 Å². The molecule has 2 heterocycles. The molecule has 0 aliphatic rings. The van der Waals surface area contributed by atoms with Gasteiger partial charge in [0.15, 0.2) is 11.5 Å². The largest absolute Gasteiger partial charge is 0.493 e. The Labute approximate surface area is 150 Å². The van der Waals surface area contributed by atoms with Crippen LogP contribution in [0, 0.1) is 0 Å². The van der Waals surface area contributed by atoms with E-state index < -0.39 is 0 Å². The number of rotatable bonds is 6. The second-order valence-corrected chi connectivity index (χ2v) is 5.37. The first-order valence-electron chi connectivity index (χ1n) is 7.92. The smallest absolute Gasteiger partial charge is 0.251 e. The van der Waals surface area contributed by atoms with E-state index >= 15 is 0 Å². The van der Waals surface area contributed by atoms with Gasteiger partial charge < -0.3 is 20.5 Å². The van der Waals surface area contributed by atoms with E-state index in [4.69, 9.17) is 15.2 Å². The van der Waals surface area contributed by atoms with Gasteiger partial charge in [-0.25, -0.2) is 9.97 Å². The predicted octanol–water partition coefficient (Wildman–Crippen LogP) is 2.79. The highest BCUT2D eigenvalue weighted by Gasteiger charge is 2.12. The minimum absolute atomic E-state index is 0.249. The fraction of sp³-hybridized carbons (Fsp3) is 0.105. The maximum atomic E-state index is 12.3. The molecule has 1 amide bonds. The monoisotopic (exact) mass is 350 g/mol. The van der Waals surface area contributed by atoms with Gasteiger partial charge in [-0.2, -0.15) is 0 Å². The lowest BCUT2D eigenvalue weighted by Gasteiger charge is -2.13. The van der Waals surface area contributed by atoms with Crippen LogP contribution < -0.4 is 20.5 Å². The normalized spacial score (nSPS) is 10.2. The van der Waals surface area contributed by atoms with Gasteiger partial charge in [0.1, 0.15) is 5.82 Å². The lowest BCUT2D eigenvalue weighted by molar-refractivity contribution is 0.0950. The van der Waals surface area contributed by atoms with Gasteiger partial charge in [-0.1, -0.05) is 18.2 Å². The van der Waals surface area contributed by atoms with E-state index in [2.05, 4.69) is 15.3 Å². The summed E-state index contributed by atoms with van der Waals surface area (Å²) in [7, 11) is 1.57. The molecule has 0 atom stereocenters. The third-order valence-electron chi connectivity index (χ3n) is 3.61. The third kappa shape index (κ3) is 4.07. The van der Waals surface area contributed by atoms with Gasteiger partial charge in [-0.3, -0.25) is 4.79 Å². The summed E-state index contributed by atoms with van der Waals surface area (Å²) in [5.41, 5.74) is 6.78. The van der Waals surface area contributed by atoms with Gasteiger partial charge in [0.05, 0.1) is 7.11 Å². The van der Waals surface area contributed by atoms with Gasteiger partial charge in [0, 0.05) is 30.1 Å². The van der Waals surface area contributed by atoms with Crippen molar-refractivity contribution in [3.63, 3.8) is 0 Å². The number of nitrogen functional groups attached to an aromatic ring is 1. The number of carbonyl (C=O) groups is 1. The van der Waals surface area contributed by atoms with E-state index in [-0.39, 0.29) is 12.5 Å². The van der Waals surface area contributed by atoms with Crippen molar-refractivity contribution in [2.75, 3.05) is 12.8 Å². The highest BCUT2D eigenvalue weighted by Crippen LogP contribution is 2.31. The number of aromatic nitrogens is 2. The van der Waals surface area contributed by atoms with Crippen molar-refractivity contribution < 1.29 is 14.3 Å². The van der Waals surface area contributed by atoms with E-state index in [0.717, 1.165) is 5.56 Å². The molecule has 0 fully saturated rings. The number of carbonyl (C=O) groups excluding carboxylic acids is 1. The van der Waals surface area contributed by atoms with Crippen LogP contribution in [0.3, 0.4) is 0 Å². The van der Waals surface area contributed by atoms with Crippen LogP contribution in [0.1, 0.15) is 15.9 Å². The second-order valence-electron chi connectivity index (χ2n) is 5.37. The number of methoxy groups -OCH3 is 1. The highest BCUT2D eigenvalue weighted by atomic mass is 16.5. The van der Waals surface area contributed by atoms with Crippen LogP contribution in [0.15, 0.2) is 60.9 Å². The average Bonchev–Trinajstić information content (AvgIpc) is 2.67. The number of hydrogen-bond donors (Lipinski definition) is 2. The van der Waals surface area contributed by atoms with E-state index in [9.17, 15) is 4.79 Å². The maximum absolute atomic E-state index is 12.3. The SMILES string of the molecule is COc1ccccc1Oc1ncccc1CNC(=O)c1ccnc(N)c1. The molecule has 0 aliphatic carbocycles. The minimum Gasteiger partial charge on any atom is -0.493 e. The molecule has 0 bridgehead atoms. The Morgan fingerprint density at radius 3 is 2.65 bits per heavy atom. The summed E-state index contributed by atoms with van der Waals surface area (Å²) in [6.07, 6.45) is 3.12. The molecule has 1 aromatic carbocycles. The van der Waals surface area contributed by atoms with Crippen molar-refractivity contribution in [2.24, 2.45) is 0 Å². The Morgan fingerprint density at radius 1 is 1.08 bits per heavy atom. The molecule has 7 heteroatoms. The number of amides is 1. The summed E-state index contributed by atoms with van der Waals surface area (Å²) in [5, 5.41) is 2.82. The maximum Gasteiger partial charge on any atom is 0.251 e. The van der Waals surface area contributed by atoms with Crippen molar-refractivity contribution >= 4 is 11.7 Å². The van der Waals surface area contributed by atoms with Gasteiger partial charge in [-0.05, 0) is 30.3 Å². The number of pyridine rings is 2. The van der Waals surface area contributed by atoms with Crippen molar-refractivity contribution in [1.29, 1.82) is 0 Å². The lowest BCUT2D eigenvalue weighted by atomic mass is 10.2. The number of para-hydroxylation sites is 2. The summed E-state index contributed by atoms with van der Waals surface area (Å²) in [4.78, 5) is 20.4. The van der Waals surface area contributed by atoms with Gasteiger partial charge >= 0.3 is 0 Å². The van der Waals surface area contributed by atoms with Crippen LogP contribution in [-0.4, -0.2) is 23.0 Å². The van der Waals surface area contributed by atoms with Gasteiger partial charge in [0.25, 0.3) is 5.91 Å². The number of hydrogen-bond acceptors (Lipinski definition) is 6. The van der Waals surface area contributed by atoms with Gasteiger partial charge in [0.2, 0.25) is 5.88 Å². The molecule has 7 nitrogen and oxygen atoms in total. The summed E-state index contributed by atoms with van der Waals surface area (Å²) >= 11 is 0. The molecule has 0 saturated carbocycles. The molecule has 132 valence electrons. The lowest BCUT2D eigenvalue weighted by Crippen LogP contribution is -2.23. The predicted molar refractivity (Wildman–Crippen MR) is 97.1 cm³/mol. The van der Waals surface area contributed by atoms with Crippen molar-refractivity contribution in [3.8, 4) is 17.4 Å². The van der Waals surface area contributed by atoms with Crippen LogP contribution in [0.25, 0.3) is 0 Å². The first kappa shape index (κ1) is 17.2. The zero-order chi connectivity index (χ0) is 18.4. The van der Waals surface area contributed by atoms with E-state index in [0.29, 0.717) is 28.8 Å². The van der Waals surface area contributed by atoms with Crippen LogP contribution in [-0.2, 0) is 6.54 Å². The average molecular weight is 350 g/mol. The molecule has 3 aromatic rings. The van der Waals surface area contributed by atoms with Crippen molar-refractivity contribution in [3.05, 3.63) is 72.1 Å². The standard InChI is InChI=1S/C19H18N4O3/c1-25-15-6-2-3-7-16(15)26-19-14(5-4-9-22-19)12-23-18(24)13-8-10-21-17(20)11-13/h2-11H,12H2,1H3,(H2,20,21)(H,23,24). The Bertz CT molecular complexity index is 915.